The van der Waals surface area contributed by atoms with Gasteiger partial charge in [0.25, 0.3) is 11.6 Å². The SMILES string of the molecule is C[C@@H]1CCCCN1CCCNC(=O)c1ccc(Cl)cc1[N+](=O)[O-]. The molecule has 0 saturated carbocycles. The first-order chi connectivity index (χ1) is 11.0. The van der Waals surface area contributed by atoms with Crippen molar-refractivity contribution in [2.75, 3.05) is 19.6 Å². The summed E-state index contributed by atoms with van der Waals surface area (Å²) in [7, 11) is 0. The van der Waals surface area contributed by atoms with E-state index in [1.807, 2.05) is 0 Å². The van der Waals surface area contributed by atoms with Gasteiger partial charge < -0.3 is 10.2 Å². The smallest absolute Gasteiger partial charge is 0.283 e. The second-order valence-electron chi connectivity index (χ2n) is 5.91. The fourth-order valence-corrected chi connectivity index (χ4v) is 3.08. The first kappa shape index (κ1) is 17.7. The van der Waals surface area contributed by atoms with Crippen LogP contribution in [0.2, 0.25) is 5.02 Å². The molecule has 1 N–H and O–H groups in total. The fraction of sp³-hybridized carbons (Fsp3) is 0.562. The summed E-state index contributed by atoms with van der Waals surface area (Å²) < 4.78 is 0. The quantitative estimate of drug-likeness (QED) is 0.490. The van der Waals surface area contributed by atoms with Gasteiger partial charge in [0.2, 0.25) is 0 Å². The molecule has 1 aromatic rings. The summed E-state index contributed by atoms with van der Waals surface area (Å²) in [5.74, 6) is -0.431. The number of nitro benzene ring substituents is 1. The molecule has 7 heteroatoms. The lowest BCUT2D eigenvalue weighted by Gasteiger charge is -2.33. The Morgan fingerprint density at radius 2 is 2.26 bits per heavy atom. The molecule has 0 bridgehead atoms. The molecule has 1 atom stereocenters. The van der Waals surface area contributed by atoms with E-state index >= 15 is 0 Å². The van der Waals surface area contributed by atoms with E-state index in [0.29, 0.717) is 12.6 Å². The number of carbonyl (C=O) groups is 1. The lowest BCUT2D eigenvalue weighted by atomic mass is 10.0. The van der Waals surface area contributed by atoms with Crippen LogP contribution in [0.1, 0.15) is 43.0 Å². The number of nitrogens with one attached hydrogen (secondary N) is 1. The van der Waals surface area contributed by atoms with Crippen LogP contribution in [0, 0.1) is 10.1 Å². The van der Waals surface area contributed by atoms with Crippen molar-refractivity contribution >= 4 is 23.2 Å². The Kier molecular flexibility index (Phi) is 6.36. The van der Waals surface area contributed by atoms with Crippen molar-refractivity contribution in [2.45, 2.75) is 38.6 Å². The Labute approximate surface area is 141 Å². The first-order valence-corrected chi connectivity index (χ1v) is 8.33. The Morgan fingerprint density at radius 3 is 2.96 bits per heavy atom. The third-order valence-electron chi connectivity index (χ3n) is 4.25. The topological polar surface area (TPSA) is 75.5 Å². The molecular formula is C16H22ClN3O3. The summed E-state index contributed by atoms with van der Waals surface area (Å²) in [6, 6.07) is 4.67. The van der Waals surface area contributed by atoms with Crippen LogP contribution in [-0.4, -0.2) is 41.4 Å². The molecule has 1 aliphatic heterocycles. The maximum Gasteiger partial charge on any atom is 0.283 e. The maximum atomic E-state index is 12.1. The van der Waals surface area contributed by atoms with Crippen LogP contribution in [0.15, 0.2) is 18.2 Å². The minimum atomic E-state index is -0.587. The van der Waals surface area contributed by atoms with Gasteiger partial charge in [0, 0.05) is 30.2 Å². The predicted octanol–water partition coefficient (Wildman–Crippen LogP) is 3.24. The van der Waals surface area contributed by atoms with Crippen molar-refractivity contribution in [1.82, 2.24) is 10.2 Å². The van der Waals surface area contributed by atoms with Gasteiger partial charge in [0.1, 0.15) is 5.56 Å². The number of hydrogen-bond acceptors (Lipinski definition) is 4. The van der Waals surface area contributed by atoms with Crippen molar-refractivity contribution < 1.29 is 9.72 Å². The molecule has 6 nitrogen and oxygen atoms in total. The minimum absolute atomic E-state index is 0.0470. The zero-order valence-corrected chi connectivity index (χ0v) is 14.0. The molecule has 0 radical (unpaired) electrons. The highest BCUT2D eigenvalue weighted by atomic mass is 35.5. The average molecular weight is 340 g/mol. The predicted molar refractivity (Wildman–Crippen MR) is 89.9 cm³/mol. The highest BCUT2D eigenvalue weighted by molar-refractivity contribution is 6.31. The minimum Gasteiger partial charge on any atom is -0.352 e. The zero-order chi connectivity index (χ0) is 16.8. The summed E-state index contributed by atoms with van der Waals surface area (Å²) >= 11 is 5.75. The second-order valence-corrected chi connectivity index (χ2v) is 6.35. The van der Waals surface area contributed by atoms with Gasteiger partial charge in [-0.25, -0.2) is 0 Å². The van der Waals surface area contributed by atoms with Crippen LogP contribution < -0.4 is 5.32 Å². The van der Waals surface area contributed by atoms with Crippen LogP contribution in [-0.2, 0) is 0 Å². The number of amides is 1. The number of rotatable bonds is 6. The molecule has 1 aromatic carbocycles. The molecule has 2 rings (SSSR count). The number of likely N-dealkylation sites (tertiary alicyclic amines) is 1. The third-order valence-corrected chi connectivity index (χ3v) is 4.48. The van der Waals surface area contributed by atoms with Gasteiger partial charge in [0.05, 0.1) is 4.92 Å². The van der Waals surface area contributed by atoms with E-state index in [2.05, 4.69) is 17.1 Å². The third kappa shape index (κ3) is 4.91. The summed E-state index contributed by atoms with van der Waals surface area (Å²) in [4.78, 5) is 25.0. The van der Waals surface area contributed by atoms with E-state index in [-0.39, 0.29) is 16.3 Å². The summed E-state index contributed by atoms with van der Waals surface area (Å²) in [5.41, 5.74) is -0.217. The Morgan fingerprint density at radius 1 is 1.48 bits per heavy atom. The Balaban J connectivity index is 1.84. The molecule has 1 fully saturated rings. The van der Waals surface area contributed by atoms with Crippen molar-refractivity contribution in [1.29, 1.82) is 0 Å². The number of carbonyl (C=O) groups excluding carboxylic acids is 1. The number of nitrogens with zero attached hydrogens (tertiary/aromatic N) is 2. The number of benzene rings is 1. The fourth-order valence-electron chi connectivity index (χ4n) is 2.92. The molecule has 0 spiro atoms. The number of nitro groups is 1. The Hall–Kier alpha value is -1.66. The molecule has 1 aliphatic rings. The van der Waals surface area contributed by atoms with Crippen molar-refractivity contribution in [3.05, 3.63) is 38.9 Å². The van der Waals surface area contributed by atoms with E-state index in [1.165, 1.54) is 37.5 Å². The van der Waals surface area contributed by atoms with E-state index in [4.69, 9.17) is 11.6 Å². The molecule has 0 aromatic heterocycles. The highest BCUT2D eigenvalue weighted by Gasteiger charge is 2.21. The van der Waals surface area contributed by atoms with Crippen LogP contribution in [0.3, 0.4) is 0 Å². The van der Waals surface area contributed by atoms with Crippen molar-refractivity contribution in [2.24, 2.45) is 0 Å². The molecular weight excluding hydrogens is 318 g/mol. The lowest BCUT2D eigenvalue weighted by Crippen LogP contribution is -2.39. The van der Waals surface area contributed by atoms with Crippen LogP contribution in [0.4, 0.5) is 5.69 Å². The lowest BCUT2D eigenvalue weighted by molar-refractivity contribution is -0.385. The summed E-state index contributed by atoms with van der Waals surface area (Å²) in [6.07, 6.45) is 4.57. The first-order valence-electron chi connectivity index (χ1n) is 7.95. The normalized spacial score (nSPS) is 18.6. The summed E-state index contributed by atoms with van der Waals surface area (Å²) in [5, 5.41) is 14.0. The van der Waals surface area contributed by atoms with Crippen molar-refractivity contribution in [3.63, 3.8) is 0 Å². The van der Waals surface area contributed by atoms with Gasteiger partial charge in [-0.3, -0.25) is 14.9 Å². The van der Waals surface area contributed by atoms with E-state index in [0.717, 1.165) is 19.5 Å². The largest absolute Gasteiger partial charge is 0.352 e. The van der Waals surface area contributed by atoms with E-state index in [9.17, 15) is 14.9 Å². The van der Waals surface area contributed by atoms with Gasteiger partial charge in [-0.15, -0.1) is 0 Å². The highest BCUT2D eigenvalue weighted by Crippen LogP contribution is 2.23. The number of piperidine rings is 1. The van der Waals surface area contributed by atoms with Gasteiger partial charge in [-0.2, -0.15) is 0 Å². The average Bonchev–Trinajstić information content (AvgIpc) is 2.52. The van der Waals surface area contributed by atoms with E-state index < -0.39 is 10.8 Å². The van der Waals surface area contributed by atoms with Crippen LogP contribution in [0.25, 0.3) is 0 Å². The second kappa shape index (κ2) is 8.26. The molecule has 1 amide bonds. The van der Waals surface area contributed by atoms with Crippen molar-refractivity contribution in [3.8, 4) is 0 Å². The molecule has 1 heterocycles. The Bertz CT molecular complexity index is 580. The molecule has 23 heavy (non-hydrogen) atoms. The standard InChI is InChI=1S/C16H22ClN3O3/c1-12-5-2-3-9-19(12)10-4-8-18-16(21)14-7-6-13(17)11-15(14)20(22)23/h6-7,11-12H,2-5,8-10H2,1H3,(H,18,21)/t12-/m1/s1. The van der Waals surface area contributed by atoms with Crippen LogP contribution >= 0.6 is 11.6 Å². The zero-order valence-electron chi connectivity index (χ0n) is 13.3. The maximum absolute atomic E-state index is 12.1. The molecule has 1 saturated heterocycles. The van der Waals surface area contributed by atoms with Gasteiger partial charge in [-0.05, 0) is 44.9 Å². The van der Waals surface area contributed by atoms with E-state index in [1.54, 1.807) is 0 Å². The number of hydrogen-bond donors (Lipinski definition) is 1. The van der Waals surface area contributed by atoms with Gasteiger partial charge >= 0.3 is 0 Å². The summed E-state index contributed by atoms with van der Waals surface area (Å²) in [6.45, 7) is 4.78. The molecule has 0 unspecified atom stereocenters. The van der Waals surface area contributed by atoms with Gasteiger partial charge in [-0.1, -0.05) is 18.0 Å². The number of halogens is 1. The monoisotopic (exact) mass is 339 g/mol. The molecule has 0 aliphatic carbocycles. The molecule has 126 valence electrons. The van der Waals surface area contributed by atoms with Gasteiger partial charge in [0.15, 0.2) is 0 Å². The van der Waals surface area contributed by atoms with Crippen LogP contribution in [0.5, 0.6) is 0 Å².